The third-order valence-electron chi connectivity index (χ3n) is 5.20. The zero-order valence-corrected chi connectivity index (χ0v) is 17.9. The average molecular weight is 438 g/mol. The van der Waals surface area contributed by atoms with Crippen LogP contribution in [0.2, 0.25) is 10.0 Å². The van der Waals surface area contributed by atoms with Crippen molar-refractivity contribution in [1.82, 2.24) is 25.2 Å². The number of aromatic nitrogens is 3. The molecule has 9 heteroatoms. The summed E-state index contributed by atoms with van der Waals surface area (Å²) < 4.78 is 5.42. The first-order valence-electron chi connectivity index (χ1n) is 9.55. The van der Waals surface area contributed by atoms with Crippen molar-refractivity contribution in [2.45, 2.75) is 25.9 Å². The van der Waals surface area contributed by atoms with E-state index in [0.717, 1.165) is 42.8 Å². The number of nitrogens with zero attached hydrogens (tertiary/aromatic N) is 4. The lowest BCUT2D eigenvalue weighted by molar-refractivity contribution is 0.0810. The Morgan fingerprint density at radius 3 is 2.62 bits per heavy atom. The van der Waals surface area contributed by atoms with E-state index in [-0.39, 0.29) is 12.7 Å². The molecule has 3 rings (SSSR count). The molecule has 1 amide bonds. The van der Waals surface area contributed by atoms with E-state index >= 15 is 0 Å². The number of likely N-dealkylation sites (tertiary alicyclic amines) is 1. The van der Waals surface area contributed by atoms with Gasteiger partial charge in [-0.2, -0.15) is 15.4 Å². The van der Waals surface area contributed by atoms with Crippen molar-refractivity contribution >= 4 is 35.0 Å². The van der Waals surface area contributed by atoms with Crippen LogP contribution in [0.4, 0.5) is 4.79 Å². The number of rotatable bonds is 7. The van der Waals surface area contributed by atoms with Crippen LogP contribution in [-0.2, 0) is 11.3 Å². The molecule has 1 aliphatic heterocycles. The molecule has 0 spiro atoms. The van der Waals surface area contributed by atoms with Crippen LogP contribution in [0.25, 0.3) is 5.70 Å². The summed E-state index contributed by atoms with van der Waals surface area (Å²) in [6.45, 7) is 6.52. The Labute approximate surface area is 180 Å². The molecule has 0 radical (unpaired) electrons. The van der Waals surface area contributed by atoms with Crippen molar-refractivity contribution in [3.8, 4) is 0 Å². The molecule has 0 atom stereocenters. The second-order valence-corrected chi connectivity index (χ2v) is 8.15. The summed E-state index contributed by atoms with van der Waals surface area (Å²) in [6.07, 6.45) is 4.33. The topological polar surface area (TPSA) is 74.4 Å². The zero-order valence-electron chi connectivity index (χ0n) is 16.4. The largest absolute Gasteiger partial charge is 0.445 e. The highest BCUT2D eigenvalue weighted by Gasteiger charge is 2.24. The van der Waals surface area contributed by atoms with Gasteiger partial charge < -0.3 is 14.5 Å². The number of H-pyrrole nitrogens is 1. The fourth-order valence-electron chi connectivity index (χ4n) is 3.38. The molecule has 1 fully saturated rings. The molecule has 7 nitrogen and oxygen atoms in total. The van der Waals surface area contributed by atoms with Gasteiger partial charge in [0.05, 0.1) is 11.9 Å². The monoisotopic (exact) mass is 437 g/mol. The summed E-state index contributed by atoms with van der Waals surface area (Å²) in [6, 6.07) is 5.14. The Balaban J connectivity index is 1.38. The van der Waals surface area contributed by atoms with Gasteiger partial charge in [0.25, 0.3) is 0 Å². The number of ether oxygens (including phenoxy) is 1. The lowest BCUT2D eigenvalue weighted by Crippen LogP contribution is -2.39. The molecule has 29 heavy (non-hydrogen) atoms. The summed E-state index contributed by atoms with van der Waals surface area (Å²) in [4.78, 5) is 16.2. The first-order valence-corrected chi connectivity index (χ1v) is 10.3. The van der Waals surface area contributed by atoms with E-state index in [9.17, 15) is 4.79 Å². The van der Waals surface area contributed by atoms with Gasteiger partial charge in [0.15, 0.2) is 0 Å². The fraction of sp³-hybridized carbons (Fsp3) is 0.450. The third-order valence-corrected chi connectivity index (χ3v) is 5.64. The average Bonchev–Trinajstić information content (AvgIpc) is 3.24. The minimum atomic E-state index is -0.295. The second-order valence-electron chi connectivity index (χ2n) is 7.27. The summed E-state index contributed by atoms with van der Waals surface area (Å²) in [5.74, 6) is 0.568. The number of amides is 1. The van der Waals surface area contributed by atoms with Crippen molar-refractivity contribution in [2.24, 2.45) is 5.92 Å². The molecule has 2 heterocycles. The van der Waals surface area contributed by atoms with Crippen LogP contribution in [0.1, 0.15) is 30.5 Å². The summed E-state index contributed by atoms with van der Waals surface area (Å²) in [5, 5.41) is 11.5. The number of hydrogen-bond acceptors (Lipinski definition) is 5. The maximum Gasteiger partial charge on any atom is 0.410 e. The predicted octanol–water partition coefficient (Wildman–Crippen LogP) is 4.45. The molecule has 1 aliphatic rings. The number of carbonyl (C=O) groups is 1. The smallest absolute Gasteiger partial charge is 0.410 e. The van der Waals surface area contributed by atoms with Gasteiger partial charge >= 0.3 is 6.09 Å². The molecular weight excluding hydrogens is 413 g/mol. The predicted molar refractivity (Wildman–Crippen MR) is 114 cm³/mol. The molecule has 0 aliphatic carbocycles. The van der Waals surface area contributed by atoms with Crippen LogP contribution >= 0.6 is 23.2 Å². The molecule has 1 aromatic heterocycles. The quantitative estimate of drug-likeness (QED) is 0.691. The van der Waals surface area contributed by atoms with E-state index < -0.39 is 0 Å². The van der Waals surface area contributed by atoms with Crippen LogP contribution in [0, 0.1) is 5.92 Å². The number of piperidine rings is 1. The lowest BCUT2D eigenvalue weighted by Gasteiger charge is -2.32. The van der Waals surface area contributed by atoms with Gasteiger partial charge in [-0.1, -0.05) is 29.8 Å². The van der Waals surface area contributed by atoms with E-state index in [4.69, 9.17) is 27.9 Å². The van der Waals surface area contributed by atoms with Crippen molar-refractivity contribution in [2.75, 3.05) is 26.7 Å². The standard InChI is InChI=1S/C20H25Cl2N5O2/c1-14(19-12-23-25-24-19)26(2)6-3-15-4-7-27(8-5-15)20(28)29-13-16-9-17(21)11-18(22)10-16/h9-12,15H,1,3-8,13H2,2H3,(H,23,24,25). The highest BCUT2D eigenvalue weighted by Crippen LogP contribution is 2.24. The molecule has 1 aromatic carbocycles. The Morgan fingerprint density at radius 1 is 1.31 bits per heavy atom. The molecule has 0 bridgehead atoms. The maximum atomic E-state index is 12.3. The first kappa shape index (κ1) is 21.5. The number of nitrogens with one attached hydrogen (secondary N) is 1. The third kappa shape index (κ3) is 6.11. The first-order chi connectivity index (χ1) is 13.9. The van der Waals surface area contributed by atoms with E-state index in [1.807, 2.05) is 7.05 Å². The van der Waals surface area contributed by atoms with Crippen LogP contribution in [-0.4, -0.2) is 58.0 Å². The minimum absolute atomic E-state index is 0.161. The Hall–Kier alpha value is -2.25. The maximum absolute atomic E-state index is 12.3. The van der Waals surface area contributed by atoms with Crippen LogP contribution < -0.4 is 0 Å². The Morgan fingerprint density at radius 2 is 2.00 bits per heavy atom. The summed E-state index contributed by atoms with van der Waals surface area (Å²) in [5.41, 5.74) is 2.38. The van der Waals surface area contributed by atoms with E-state index in [0.29, 0.717) is 29.1 Å². The van der Waals surface area contributed by atoms with Gasteiger partial charge in [0.2, 0.25) is 0 Å². The molecule has 1 N–H and O–H groups in total. The number of carbonyl (C=O) groups excluding carboxylic acids is 1. The number of halogens is 2. The van der Waals surface area contributed by atoms with Gasteiger partial charge in [-0.3, -0.25) is 0 Å². The van der Waals surface area contributed by atoms with Gasteiger partial charge in [0, 0.05) is 36.7 Å². The summed E-state index contributed by atoms with van der Waals surface area (Å²) in [7, 11) is 2.01. The molecule has 0 unspecified atom stereocenters. The number of benzene rings is 1. The second kappa shape index (κ2) is 9.98. The van der Waals surface area contributed by atoms with Gasteiger partial charge in [-0.05, 0) is 48.9 Å². The highest BCUT2D eigenvalue weighted by molar-refractivity contribution is 6.34. The van der Waals surface area contributed by atoms with Crippen molar-refractivity contribution in [1.29, 1.82) is 0 Å². The Kier molecular flexibility index (Phi) is 7.39. The molecule has 0 saturated carbocycles. The molecule has 2 aromatic rings. The zero-order chi connectivity index (χ0) is 20.8. The fourth-order valence-corrected chi connectivity index (χ4v) is 3.95. The highest BCUT2D eigenvalue weighted by atomic mass is 35.5. The number of hydrogen-bond donors (Lipinski definition) is 1. The normalized spacial score (nSPS) is 14.7. The number of aromatic amines is 1. The molecule has 1 saturated heterocycles. The van der Waals surface area contributed by atoms with Crippen LogP contribution in [0.5, 0.6) is 0 Å². The Bertz CT molecular complexity index is 815. The van der Waals surface area contributed by atoms with Crippen molar-refractivity contribution in [3.63, 3.8) is 0 Å². The lowest BCUT2D eigenvalue weighted by atomic mass is 9.93. The molecule has 156 valence electrons. The van der Waals surface area contributed by atoms with Crippen molar-refractivity contribution in [3.05, 3.63) is 52.3 Å². The van der Waals surface area contributed by atoms with Gasteiger partial charge in [0.1, 0.15) is 12.3 Å². The van der Waals surface area contributed by atoms with Crippen LogP contribution in [0.15, 0.2) is 31.0 Å². The van der Waals surface area contributed by atoms with E-state index in [1.54, 1.807) is 29.3 Å². The minimum Gasteiger partial charge on any atom is -0.445 e. The van der Waals surface area contributed by atoms with Gasteiger partial charge in [-0.15, -0.1) is 0 Å². The summed E-state index contributed by atoms with van der Waals surface area (Å²) >= 11 is 12.0. The van der Waals surface area contributed by atoms with Gasteiger partial charge in [-0.25, -0.2) is 4.79 Å². The van der Waals surface area contributed by atoms with Crippen LogP contribution in [0.3, 0.4) is 0 Å². The van der Waals surface area contributed by atoms with Crippen molar-refractivity contribution < 1.29 is 9.53 Å². The SMILES string of the molecule is C=C(c1cn[nH]n1)N(C)CCC1CCN(C(=O)OCc2cc(Cl)cc(Cl)c2)CC1. The van der Waals surface area contributed by atoms with E-state index in [2.05, 4.69) is 26.9 Å². The van der Waals surface area contributed by atoms with E-state index in [1.165, 1.54) is 0 Å². The molecular formula is C20H25Cl2N5O2.